The molecular formula is C10H19NO3. The van der Waals surface area contributed by atoms with Crippen molar-refractivity contribution in [1.29, 1.82) is 0 Å². The fraction of sp³-hybridized carbons (Fsp3) is 0.900. The molecule has 82 valence electrons. The third-order valence-electron chi connectivity index (χ3n) is 2.73. The summed E-state index contributed by atoms with van der Waals surface area (Å²) in [6.45, 7) is 5.06. The molecule has 0 aliphatic carbocycles. The molecule has 2 atom stereocenters. The summed E-state index contributed by atoms with van der Waals surface area (Å²) in [5.41, 5.74) is -0.844. The van der Waals surface area contributed by atoms with Crippen LogP contribution >= 0.6 is 0 Å². The lowest BCUT2D eigenvalue weighted by atomic mass is 10.0. The van der Waals surface area contributed by atoms with Gasteiger partial charge in [-0.3, -0.25) is 4.79 Å². The standard InChI is InChI=1S/C10H19NO3/c1-3-8(2)9(12)11-6-10(13)4-5-14-7-10/h8,13H,3-7H2,1-2H3,(H,11,12). The molecule has 0 radical (unpaired) electrons. The van der Waals surface area contributed by atoms with Crippen molar-refractivity contribution in [3.63, 3.8) is 0 Å². The topological polar surface area (TPSA) is 58.6 Å². The smallest absolute Gasteiger partial charge is 0.222 e. The van der Waals surface area contributed by atoms with Crippen molar-refractivity contribution in [2.24, 2.45) is 5.92 Å². The van der Waals surface area contributed by atoms with Crippen molar-refractivity contribution in [2.45, 2.75) is 32.3 Å². The van der Waals surface area contributed by atoms with Gasteiger partial charge in [-0.05, 0) is 6.42 Å². The predicted molar refractivity (Wildman–Crippen MR) is 52.9 cm³/mol. The lowest BCUT2D eigenvalue weighted by Gasteiger charge is -2.21. The van der Waals surface area contributed by atoms with E-state index in [1.165, 1.54) is 0 Å². The SMILES string of the molecule is CCC(C)C(=O)NCC1(O)CCOC1. The van der Waals surface area contributed by atoms with Gasteiger partial charge in [-0.25, -0.2) is 0 Å². The van der Waals surface area contributed by atoms with E-state index in [4.69, 9.17) is 4.74 Å². The Morgan fingerprint density at radius 3 is 2.93 bits per heavy atom. The van der Waals surface area contributed by atoms with Crippen LogP contribution in [-0.2, 0) is 9.53 Å². The summed E-state index contributed by atoms with van der Waals surface area (Å²) in [6, 6.07) is 0. The Balaban J connectivity index is 2.29. The number of amides is 1. The van der Waals surface area contributed by atoms with Crippen molar-refractivity contribution in [3.05, 3.63) is 0 Å². The minimum absolute atomic E-state index is 0.00725. The van der Waals surface area contributed by atoms with E-state index in [1.54, 1.807) is 0 Å². The molecule has 0 bridgehead atoms. The van der Waals surface area contributed by atoms with Crippen LogP contribution in [0.5, 0.6) is 0 Å². The molecule has 0 aromatic heterocycles. The van der Waals surface area contributed by atoms with Crippen LogP contribution in [0.1, 0.15) is 26.7 Å². The molecule has 0 aromatic rings. The molecule has 1 fully saturated rings. The minimum Gasteiger partial charge on any atom is -0.386 e. The molecule has 1 aliphatic rings. The average molecular weight is 201 g/mol. The van der Waals surface area contributed by atoms with Gasteiger partial charge in [0.15, 0.2) is 0 Å². The number of carbonyl (C=O) groups is 1. The Hall–Kier alpha value is -0.610. The molecule has 2 unspecified atom stereocenters. The molecular weight excluding hydrogens is 182 g/mol. The van der Waals surface area contributed by atoms with Crippen molar-refractivity contribution < 1.29 is 14.6 Å². The number of rotatable bonds is 4. The highest BCUT2D eigenvalue weighted by molar-refractivity contribution is 5.78. The van der Waals surface area contributed by atoms with Crippen LogP contribution in [-0.4, -0.2) is 36.4 Å². The molecule has 1 saturated heterocycles. The van der Waals surface area contributed by atoms with E-state index in [0.29, 0.717) is 26.2 Å². The van der Waals surface area contributed by atoms with Crippen LogP contribution in [0.4, 0.5) is 0 Å². The van der Waals surface area contributed by atoms with Crippen molar-refractivity contribution in [2.75, 3.05) is 19.8 Å². The van der Waals surface area contributed by atoms with Gasteiger partial charge in [-0.1, -0.05) is 13.8 Å². The molecule has 1 heterocycles. The highest BCUT2D eigenvalue weighted by Crippen LogP contribution is 2.17. The highest BCUT2D eigenvalue weighted by atomic mass is 16.5. The lowest BCUT2D eigenvalue weighted by Crippen LogP contribution is -2.44. The Morgan fingerprint density at radius 2 is 2.43 bits per heavy atom. The number of aliphatic hydroxyl groups is 1. The number of hydrogen-bond donors (Lipinski definition) is 2. The minimum atomic E-state index is -0.844. The van der Waals surface area contributed by atoms with Crippen LogP contribution in [0, 0.1) is 5.92 Å². The molecule has 0 spiro atoms. The van der Waals surface area contributed by atoms with E-state index >= 15 is 0 Å². The van der Waals surface area contributed by atoms with Crippen molar-refractivity contribution in [3.8, 4) is 0 Å². The maximum Gasteiger partial charge on any atom is 0.222 e. The van der Waals surface area contributed by atoms with Crippen LogP contribution in [0.3, 0.4) is 0 Å². The monoisotopic (exact) mass is 201 g/mol. The second-order valence-corrected chi connectivity index (χ2v) is 4.05. The molecule has 0 aromatic carbocycles. The van der Waals surface area contributed by atoms with Gasteiger partial charge < -0.3 is 15.2 Å². The van der Waals surface area contributed by atoms with Crippen molar-refractivity contribution >= 4 is 5.91 Å². The molecule has 2 N–H and O–H groups in total. The molecule has 1 rings (SSSR count). The zero-order chi connectivity index (χ0) is 10.6. The quantitative estimate of drug-likeness (QED) is 0.687. The third-order valence-corrected chi connectivity index (χ3v) is 2.73. The fourth-order valence-corrected chi connectivity index (χ4v) is 1.35. The van der Waals surface area contributed by atoms with Gasteiger partial charge in [0, 0.05) is 25.5 Å². The van der Waals surface area contributed by atoms with Gasteiger partial charge in [-0.15, -0.1) is 0 Å². The van der Waals surface area contributed by atoms with E-state index < -0.39 is 5.60 Å². The zero-order valence-corrected chi connectivity index (χ0v) is 8.88. The average Bonchev–Trinajstić information content (AvgIpc) is 2.61. The summed E-state index contributed by atoms with van der Waals surface area (Å²) in [6.07, 6.45) is 1.43. The van der Waals surface area contributed by atoms with Gasteiger partial charge in [0.1, 0.15) is 5.60 Å². The van der Waals surface area contributed by atoms with Gasteiger partial charge in [0.25, 0.3) is 0 Å². The maximum atomic E-state index is 11.4. The van der Waals surface area contributed by atoms with Gasteiger partial charge in [0.05, 0.1) is 6.61 Å². The number of nitrogens with one attached hydrogen (secondary N) is 1. The van der Waals surface area contributed by atoms with Crippen molar-refractivity contribution in [1.82, 2.24) is 5.32 Å². The first kappa shape index (κ1) is 11.5. The lowest BCUT2D eigenvalue weighted by molar-refractivity contribution is -0.125. The molecule has 4 heteroatoms. The second-order valence-electron chi connectivity index (χ2n) is 4.05. The normalized spacial score (nSPS) is 28.8. The number of carbonyl (C=O) groups excluding carboxylic acids is 1. The molecule has 1 amide bonds. The number of hydrogen-bond acceptors (Lipinski definition) is 3. The highest BCUT2D eigenvalue weighted by Gasteiger charge is 2.32. The van der Waals surface area contributed by atoms with Crippen LogP contribution < -0.4 is 5.32 Å². The second kappa shape index (κ2) is 4.75. The summed E-state index contributed by atoms with van der Waals surface area (Å²) in [5, 5.41) is 12.6. The summed E-state index contributed by atoms with van der Waals surface area (Å²) >= 11 is 0. The molecule has 4 nitrogen and oxygen atoms in total. The Bertz CT molecular complexity index is 200. The predicted octanol–water partition coefficient (Wildman–Crippen LogP) is 0.300. The van der Waals surface area contributed by atoms with E-state index in [-0.39, 0.29) is 11.8 Å². The fourth-order valence-electron chi connectivity index (χ4n) is 1.35. The van der Waals surface area contributed by atoms with Crippen LogP contribution in [0.25, 0.3) is 0 Å². The molecule has 14 heavy (non-hydrogen) atoms. The first-order valence-electron chi connectivity index (χ1n) is 5.15. The summed E-state index contributed by atoms with van der Waals surface area (Å²) < 4.78 is 5.08. The van der Waals surface area contributed by atoms with Gasteiger partial charge >= 0.3 is 0 Å². The Labute approximate surface area is 84.6 Å². The Morgan fingerprint density at radius 1 is 1.71 bits per heavy atom. The van der Waals surface area contributed by atoms with E-state index in [9.17, 15) is 9.90 Å². The van der Waals surface area contributed by atoms with E-state index in [0.717, 1.165) is 6.42 Å². The van der Waals surface area contributed by atoms with Crippen LogP contribution in [0.2, 0.25) is 0 Å². The molecule has 1 aliphatic heterocycles. The Kier molecular flexibility index (Phi) is 3.89. The largest absolute Gasteiger partial charge is 0.386 e. The summed E-state index contributed by atoms with van der Waals surface area (Å²) in [5.74, 6) is 0.0220. The van der Waals surface area contributed by atoms with E-state index in [1.807, 2.05) is 13.8 Å². The number of ether oxygens (including phenoxy) is 1. The third kappa shape index (κ3) is 2.96. The van der Waals surface area contributed by atoms with E-state index in [2.05, 4.69) is 5.32 Å². The van der Waals surface area contributed by atoms with Gasteiger partial charge in [0.2, 0.25) is 5.91 Å². The maximum absolute atomic E-state index is 11.4. The molecule has 0 saturated carbocycles. The first-order chi connectivity index (χ1) is 6.57. The summed E-state index contributed by atoms with van der Waals surface area (Å²) in [4.78, 5) is 11.4. The van der Waals surface area contributed by atoms with Gasteiger partial charge in [-0.2, -0.15) is 0 Å². The summed E-state index contributed by atoms with van der Waals surface area (Å²) in [7, 11) is 0. The first-order valence-corrected chi connectivity index (χ1v) is 5.15. The zero-order valence-electron chi connectivity index (χ0n) is 8.88. The van der Waals surface area contributed by atoms with Crippen LogP contribution in [0.15, 0.2) is 0 Å².